The number of carboxylic acid groups (broad SMARTS) is 1. The van der Waals surface area contributed by atoms with Gasteiger partial charge in [-0.2, -0.15) is 4.73 Å². The average Bonchev–Trinajstić information content (AvgIpc) is 2.72. The standard InChI is InChI=1S/C11H4Cl2N2O3S/c12-8-4(10(16)17)3-15(18)6-2-1-5-9(7(6)8)19-11(13)14-5/h1-3H,(H,16,17). The monoisotopic (exact) mass is 314 g/mol. The van der Waals surface area contributed by atoms with Crippen molar-refractivity contribution in [1.82, 2.24) is 4.98 Å². The van der Waals surface area contributed by atoms with Gasteiger partial charge in [-0.3, -0.25) is 0 Å². The van der Waals surface area contributed by atoms with Gasteiger partial charge in [-0.15, -0.1) is 11.3 Å². The molecule has 0 spiro atoms. The van der Waals surface area contributed by atoms with E-state index < -0.39 is 5.97 Å². The first kappa shape index (κ1) is 12.4. The molecule has 96 valence electrons. The Morgan fingerprint density at radius 1 is 1.42 bits per heavy atom. The van der Waals surface area contributed by atoms with Gasteiger partial charge in [-0.1, -0.05) is 23.2 Å². The third-order valence-electron chi connectivity index (χ3n) is 2.68. The molecular formula is C11H4Cl2N2O3S. The lowest BCUT2D eigenvalue weighted by Crippen LogP contribution is -2.28. The van der Waals surface area contributed by atoms with Crippen molar-refractivity contribution in [3.8, 4) is 0 Å². The first-order valence-electron chi connectivity index (χ1n) is 5.02. The molecular weight excluding hydrogens is 311 g/mol. The summed E-state index contributed by atoms with van der Waals surface area (Å²) < 4.78 is 1.38. The topological polar surface area (TPSA) is 77.1 Å². The van der Waals surface area contributed by atoms with Crippen LogP contribution in [0.3, 0.4) is 0 Å². The van der Waals surface area contributed by atoms with Crippen molar-refractivity contribution >= 4 is 61.6 Å². The molecule has 0 bridgehead atoms. The van der Waals surface area contributed by atoms with Crippen LogP contribution in [0, 0.1) is 5.21 Å². The van der Waals surface area contributed by atoms with Gasteiger partial charge in [0.15, 0.2) is 10.7 Å². The van der Waals surface area contributed by atoms with Gasteiger partial charge >= 0.3 is 5.97 Å². The molecule has 8 heteroatoms. The normalized spacial score (nSPS) is 11.3. The van der Waals surface area contributed by atoms with Gasteiger partial charge in [0, 0.05) is 6.07 Å². The van der Waals surface area contributed by atoms with E-state index in [-0.39, 0.29) is 16.1 Å². The van der Waals surface area contributed by atoms with E-state index in [9.17, 15) is 10.0 Å². The largest absolute Gasteiger partial charge is 0.618 e. The first-order valence-corrected chi connectivity index (χ1v) is 6.60. The number of halogens is 2. The van der Waals surface area contributed by atoms with Crippen molar-refractivity contribution in [1.29, 1.82) is 0 Å². The summed E-state index contributed by atoms with van der Waals surface area (Å²) in [6.45, 7) is 0. The molecule has 3 rings (SSSR count). The molecule has 0 unspecified atom stereocenters. The number of benzene rings is 1. The molecule has 0 aliphatic heterocycles. The van der Waals surface area contributed by atoms with Crippen molar-refractivity contribution < 1.29 is 14.6 Å². The number of nitrogens with zero attached hydrogens (tertiary/aromatic N) is 2. The van der Waals surface area contributed by atoms with Gasteiger partial charge in [0.2, 0.25) is 5.52 Å². The maximum absolute atomic E-state index is 11.9. The Balaban J connectivity index is 2.59. The maximum atomic E-state index is 11.9. The van der Waals surface area contributed by atoms with E-state index in [2.05, 4.69) is 4.98 Å². The Morgan fingerprint density at radius 2 is 2.16 bits per heavy atom. The third kappa shape index (κ3) is 1.80. The summed E-state index contributed by atoms with van der Waals surface area (Å²) in [5.74, 6) is -1.26. The van der Waals surface area contributed by atoms with Gasteiger partial charge in [-0.25, -0.2) is 9.78 Å². The fourth-order valence-electron chi connectivity index (χ4n) is 1.88. The number of rotatable bonds is 1. The highest BCUT2D eigenvalue weighted by Crippen LogP contribution is 2.36. The molecule has 1 N–H and O–H groups in total. The van der Waals surface area contributed by atoms with Crippen LogP contribution >= 0.6 is 34.5 Å². The molecule has 0 aliphatic carbocycles. The first-order chi connectivity index (χ1) is 8.99. The van der Waals surface area contributed by atoms with Crippen LogP contribution in [0.1, 0.15) is 10.4 Å². The van der Waals surface area contributed by atoms with Gasteiger partial charge < -0.3 is 10.3 Å². The van der Waals surface area contributed by atoms with Gasteiger partial charge in [0.05, 0.1) is 20.6 Å². The van der Waals surface area contributed by atoms with Gasteiger partial charge in [0.1, 0.15) is 5.56 Å². The van der Waals surface area contributed by atoms with Crippen LogP contribution < -0.4 is 4.73 Å². The second-order valence-electron chi connectivity index (χ2n) is 3.76. The summed E-state index contributed by atoms with van der Waals surface area (Å²) in [6, 6.07) is 3.18. The Labute approximate surface area is 120 Å². The van der Waals surface area contributed by atoms with Crippen molar-refractivity contribution in [2.75, 3.05) is 0 Å². The smallest absolute Gasteiger partial charge is 0.343 e. The molecule has 0 amide bonds. The zero-order valence-electron chi connectivity index (χ0n) is 9.05. The molecule has 0 aliphatic rings. The van der Waals surface area contributed by atoms with Crippen molar-refractivity contribution in [3.05, 3.63) is 38.6 Å². The minimum Gasteiger partial charge on any atom is -0.618 e. The van der Waals surface area contributed by atoms with E-state index in [4.69, 9.17) is 28.3 Å². The molecule has 2 heterocycles. The van der Waals surface area contributed by atoms with Gasteiger partial charge in [0.25, 0.3) is 0 Å². The van der Waals surface area contributed by atoms with Crippen molar-refractivity contribution in [2.24, 2.45) is 0 Å². The SMILES string of the molecule is O=C(O)c1c[n+]([O-])c2ccc3nc(Cl)sc3c2c1Cl. The number of hydrogen-bond acceptors (Lipinski definition) is 4. The summed E-state index contributed by atoms with van der Waals surface area (Å²) in [6.07, 6.45) is 0.946. The quantitative estimate of drug-likeness (QED) is 0.553. The lowest BCUT2D eigenvalue weighted by atomic mass is 10.1. The number of thiazole rings is 1. The van der Waals surface area contributed by atoms with Crippen LogP contribution in [0.4, 0.5) is 0 Å². The second-order valence-corrected chi connectivity index (χ2v) is 5.72. The van der Waals surface area contributed by atoms with E-state index >= 15 is 0 Å². The molecule has 0 fully saturated rings. The van der Waals surface area contributed by atoms with Crippen LogP contribution in [0.25, 0.3) is 21.1 Å². The molecule has 0 saturated carbocycles. The van der Waals surface area contributed by atoms with Crippen LogP contribution in [-0.2, 0) is 0 Å². The molecule has 2 aromatic heterocycles. The average molecular weight is 315 g/mol. The zero-order chi connectivity index (χ0) is 13.7. The minimum atomic E-state index is -1.26. The number of pyridine rings is 1. The number of aromatic carboxylic acids is 1. The highest BCUT2D eigenvalue weighted by molar-refractivity contribution is 7.23. The molecule has 0 saturated heterocycles. The summed E-state index contributed by atoms with van der Waals surface area (Å²) in [4.78, 5) is 15.2. The van der Waals surface area contributed by atoms with E-state index in [1.54, 1.807) is 6.07 Å². The molecule has 19 heavy (non-hydrogen) atoms. The Hall–Kier alpha value is -1.63. The lowest BCUT2D eigenvalue weighted by molar-refractivity contribution is -0.577. The Morgan fingerprint density at radius 3 is 2.84 bits per heavy atom. The van der Waals surface area contributed by atoms with Gasteiger partial charge in [-0.05, 0) is 6.07 Å². The van der Waals surface area contributed by atoms with Crippen LogP contribution in [0.2, 0.25) is 9.49 Å². The number of hydrogen-bond donors (Lipinski definition) is 1. The summed E-state index contributed by atoms with van der Waals surface area (Å²) >= 11 is 13.1. The van der Waals surface area contributed by atoms with Crippen LogP contribution in [-0.4, -0.2) is 16.1 Å². The highest BCUT2D eigenvalue weighted by Gasteiger charge is 2.22. The van der Waals surface area contributed by atoms with E-state index in [0.717, 1.165) is 17.5 Å². The van der Waals surface area contributed by atoms with E-state index in [1.165, 1.54) is 6.07 Å². The van der Waals surface area contributed by atoms with Crippen molar-refractivity contribution in [3.63, 3.8) is 0 Å². The van der Waals surface area contributed by atoms with E-state index in [0.29, 0.717) is 24.8 Å². The third-order valence-corrected chi connectivity index (χ3v) is 4.27. The van der Waals surface area contributed by atoms with Crippen LogP contribution in [0.5, 0.6) is 0 Å². The fraction of sp³-hybridized carbons (Fsp3) is 0. The summed E-state index contributed by atoms with van der Waals surface area (Å²) in [5, 5.41) is 21.3. The molecule has 3 aromatic rings. The number of fused-ring (bicyclic) bond motifs is 3. The molecule has 0 atom stereocenters. The summed E-state index contributed by atoms with van der Waals surface area (Å²) in [7, 11) is 0. The summed E-state index contributed by atoms with van der Waals surface area (Å²) in [5.41, 5.74) is 0.607. The maximum Gasteiger partial charge on any atom is 0.343 e. The highest BCUT2D eigenvalue weighted by atomic mass is 35.5. The Bertz CT molecular complexity index is 847. The fourth-order valence-corrected chi connectivity index (χ4v) is 3.42. The second kappa shape index (κ2) is 4.19. The van der Waals surface area contributed by atoms with E-state index in [1.807, 2.05) is 0 Å². The van der Waals surface area contributed by atoms with Crippen molar-refractivity contribution in [2.45, 2.75) is 0 Å². The molecule has 0 radical (unpaired) electrons. The number of carbonyl (C=O) groups is 1. The predicted molar refractivity (Wildman–Crippen MR) is 73.1 cm³/mol. The number of carboxylic acids is 1. The molecule has 5 nitrogen and oxygen atoms in total. The number of aromatic nitrogens is 2. The molecule has 1 aromatic carbocycles. The van der Waals surface area contributed by atoms with Crippen LogP contribution in [0.15, 0.2) is 18.3 Å². The minimum absolute atomic E-state index is 0.0144. The zero-order valence-corrected chi connectivity index (χ0v) is 11.4. The predicted octanol–water partition coefficient (Wildman–Crippen LogP) is 3.09. The Kier molecular flexibility index (Phi) is 2.74. The lowest BCUT2D eigenvalue weighted by Gasteiger charge is -2.06.